The van der Waals surface area contributed by atoms with Crippen molar-refractivity contribution in [1.82, 2.24) is 4.90 Å². The molecule has 1 N–H and O–H groups in total. The largest absolute Gasteiger partial charge is 0.396 e. The highest BCUT2D eigenvalue weighted by Crippen LogP contribution is 2.53. The number of fused-ring (bicyclic) bond motifs is 1. The lowest BCUT2D eigenvalue weighted by Crippen LogP contribution is -2.48. The Morgan fingerprint density at radius 1 is 1.25 bits per heavy atom. The number of anilines is 1. The Balaban J connectivity index is 1.41. The van der Waals surface area contributed by atoms with Crippen LogP contribution in [0.5, 0.6) is 0 Å². The van der Waals surface area contributed by atoms with Crippen molar-refractivity contribution in [2.24, 2.45) is 11.8 Å². The molecule has 0 saturated carbocycles. The number of hydrogen-bond acceptors (Lipinski definition) is 5. The number of amides is 2. The first-order valence-electron chi connectivity index (χ1n) is 9.88. The van der Waals surface area contributed by atoms with Gasteiger partial charge in [-0.1, -0.05) is 24.3 Å². The molecule has 0 aromatic heterocycles. The molecule has 0 aliphatic carbocycles. The predicted molar refractivity (Wildman–Crippen MR) is 107 cm³/mol. The molecule has 2 amide bonds. The van der Waals surface area contributed by atoms with E-state index < -0.39 is 17.4 Å². The van der Waals surface area contributed by atoms with Crippen molar-refractivity contribution < 1.29 is 19.4 Å². The summed E-state index contributed by atoms with van der Waals surface area (Å²) in [4.78, 5) is 30.3. The molecule has 148 valence electrons. The number of carbonyl (C=O) groups excluding carboxylic acids is 2. The third-order valence-corrected chi connectivity index (χ3v) is 7.30. The molecule has 4 heterocycles. The van der Waals surface area contributed by atoms with E-state index in [4.69, 9.17) is 9.84 Å². The van der Waals surface area contributed by atoms with E-state index >= 15 is 0 Å². The smallest absolute Gasteiger partial charge is 0.234 e. The quantitative estimate of drug-likeness (QED) is 0.766. The molecule has 1 aromatic rings. The topological polar surface area (TPSA) is 70.1 Å². The summed E-state index contributed by atoms with van der Waals surface area (Å²) in [6.07, 6.45) is 4.28. The summed E-state index contributed by atoms with van der Waals surface area (Å²) in [5.41, 5.74) is 1.16. The van der Waals surface area contributed by atoms with Crippen LogP contribution in [0.2, 0.25) is 0 Å². The van der Waals surface area contributed by atoms with Gasteiger partial charge in [-0.05, 0) is 24.1 Å². The van der Waals surface area contributed by atoms with E-state index in [2.05, 4.69) is 0 Å². The van der Waals surface area contributed by atoms with Crippen molar-refractivity contribution in [3.8, 4) is 0 Å². The summed E-state index contributed by atoms with van der Waals surface area (Å²) < 4.78 is 6.23. The second kappa shape index (κ2) is 6.90. The molecule has 6 nitrogen and oxygen atoms in total. The lowest BCUT2D eigenvalue weighted by Gasteiger charge is -2.32. The Bertz CT molecular complexity index is 820. The summed E-state index contributed by atoms with van der Waals surface area (Å²) in [6, 6.07) is 7.70. The number of aliphatic hydroxyl groups is 1. The van der Waals surface area contributed by atoms with Crippen molar-refractivity contribution >= 4 is 29.3 Å². The molecule has 0 unspecified atom stereocenters. The van der Waals surface area contributed by atoms with Gasteiger partial charge in [-0.15, -0.1) is 0 Å². The zero-order chi connectivity index (χ0) is 19.3. The second-order valence-electron chi connectivity index (χ2n) is 7.90. The van der Waals surface area contributed by atoms with Crippen LogP contribution in [0.15, 0.2) is 36.4 Å². The standard InChI is InChI=1S/C21H24N2O4S/c24-10-6-14-1-3-15(4-2-14)23-13-21-7-5-16(27-21)17(18(21)20(23)26)19(25)22-8-11-28-12-9-22/h1-5,7,16-18,24H,6,8-13H2/t16-,17-,18-,21-/m0/s1. The third kappa shape index (κ3) is 2.71. The summed E-state index contributed by atoms with van der Waals surface area (Å²) in [5.74, 6) is 1.09. The van der Waals surface area contributed by atoms with E-state index in [0.29, 0.717) is 13.0 Å². The van der Waals surface area contributed by atoms with Gasteiger partial charge in [-0.3, -0.25) is 9.59 Å². The number of rotatable bonds is 4. The molecule has 3 fully saturated rings. The molecule has 7 heteroatoms. The third-order valence-electron chi connectivity index (χ3n) is 6.36. The van der Waals surface area contributed by atoms with E-state index in [0.717, 1.165) is 35.8 Å². The minimum atomic E-state index is -0.684. The maximum absolute atomic E-state index is 13.4. The van der Waals surface area contributed by atoms with Crippen molar-refractivity contribution in [2.45, 2.75) is 18.1 Å². The summed E-state index contributed by atoms with van der Waals surface area (Å²) in [5, 5.41) is 9.08. The number of carbonyl (C=O) groups is 2. The van der Waals surface area contributed by atoms with Crippen LogP contribution < -0.4 is 4.90 Å². The fourth-order valence-corrected chi connectivity index (χ4v) is 5.87. The number of thioether (sulfide) groups is 1. The van der Waals surface area contributed by atoms with Crippen LogP contribution in [0.4, 0.5) is 5.69 Å². The number of hydrogen-bond donors (Lipinski definition) is 1. The Hall–Kier alpha value is -1.83. The molecule has 1 aromatic carbocycles. The minimum absolute atomic E-state index is 0.0218. The molecular formula is C21H24N2O4S. The highest BCUT2D eigenvalue weighted by molar-refractivity contribution is 7.99. The first-order valence-corrected chi connectivity index (χ1v) is 11.0. The predicted octanol–water partition coefficient (Wildman–Crippen LogP) is 1.08. The molecule has 2 bridgehead atoms. The molecule has 0 radical (unpaired) electrons. The van der Waals surface area contributed by atoms with Crippen molar-refractivity contribution in [2.75, 3.05) is 42.6 Å². The fourth-order valence-electron chi connectivity index (χ4n) is 4.96. The zero-order valence-corrected chi connectivity index (χ0v) is 16.4. The molecular weight excluding hydrogens is 376 g/mol. The number of aliphatic hydroxyl groups excluding tert-OH is 1. The van der Waals surface area contributed by atoms with Crippen LogP contribution in [0.1, 0.15) is 5.56 Å². The van der Waals surface area contributed by atoms with Gasteiger partial charge in [0.25, 0.3) is 0 Å². The van der Waals surface area contributed by atoms with Gasteiger partial charge >= 0.3 is 0 Å². The SMILES string of the molecule is O=C([C@H]1[C@@H]2C=C[C@@]3(CN(c4ccc(CCO)cc4)C(=O)[C@H]13)O2)N1CCSCC1. The van der Waals surface area contributed by atoms with Crippen molar-refractivity contribution in [3.63, 3.8) is 0 Å². The molecule has 28 heavy (non-hydrogen) atoms. The van der Waals surface area contributed by atoms with Crippen LogP contribution in [0.25, 0.3) is 0 Å². The van der Waals surface area contributed by atoms with Gasteiger partial charge in [0.2, 0.25) is 11.8 Å². The second-order valence-corrected chi connectivity index (χ2v) is 9.13. The summed E-state index contributed by atoms with van der Waals surface area (Å²) in [7, 11) is 0. The van der Waals surface area contributed by atoms with Gasteiger partial charge in [-0.2, -0.15) is 11.8 Å². The summed E-state index contributed by atoms with van der Waals surface area (Å²) >= 11 is 1.86. The highest BCUT2D eigenvalue weighted by atomic mass is 32.2. The number of benzene rings is 1. The van der Waals surface area contributed by atoms with E-state index in [1.165, 1.54) is 0 Å². The fraction of sp³-hybridized carbons (Fsp3) is 0.524. The van der Waals surface area contributed by atoms with Gasteiger partial charge in [0.15, 0.2) is 0 Å². The molecule has 4 aliphatic rings. The van der Waals surface area contributed by atoms with E-state index in [9.17, 15) is 9.59 Å². The first kappa shape index (κ1) is 18.2. The Kier molecular flexibility index (Phi) is 4.49. The van der Waals surface area contributed by atoms with Crippen molar-refractivity contribution in [3.05, 3.63) is 42.0 Å². The lowest BCUT2D eigenvalue weighted by molar-refractivity contribution is -0.140. The highest BCUT2D eigenvalue weighted by Gasteiger charge is 2.67. The van der Waals surface area contributed by atoms with Crippen LogP contribution in [-0.4, -0.2) is 71.3 Å². The monoisotopic (exact) mass is 400 g/mol. The normalized spacial score (nSPS) is 33.6. The van der Waals surface area contributed by atoms with E-state index in [1.54, 1.807) is 4.90 Å². The first-order chi connectivity index (χ1) is 13.6. The van der Waals surface area contributed by atoms with Gasteiger partial charge in [0.1, 0.15) is 5.60 Å². The van der Waals surface area contributed by atoms with Crippen LogP contribution in [0.3, 0.4) is 0 Å². The molecule has 1 spiro atoms. The lowest BCUT2D eigenvalue weighted by atomic mass is 9.76. The van der Waals surface area contributed by atoms with E-state index in [1.807, 2.05) is 53.1 Å². The van der Waals surface area contributed by atoms with Gasteiger partial charge in [-0.25, -0.2) is 0 Å². The maximum atomic E-state index is 13.4. The minimum Gasteiger partial charge on any atom is -0.396 e. The average Bonchev–Trinajstić information content (AvgIpc) is 3.37. The van der Waals surface area contributed by atoms with Crippen LogP contribution in [-0.2, 0) is 20.7 Å². The maximum Gasteiger partial charge on any atom is 0.234 e. The molecule has 3 saturated heterocycles. The number of nitrogens with zero attached hydrogens (tertiary/aromatic N) is 2. The van der Waals surface area contributed by atoms with Crippen LogP contribution in [0, 0.1) is 11.8 Å². The van der Waals surface area contributed by atoms with Gasteiger partial charge in [0.05, 0.1) is 24.5 Å². The zero-order valence-electron chi connectivity index (χ0n) is 15.6. The Labute approximate surface area is 168 Å². The molecule has 4 aliphatic heterocycles. The van der Waals surface area contributed by atoms with Gasteiger partial charge in [0, 0.05) is 36.9 Å². The average molecular weight is 401 g/mol. The van der Waals surface area contributed by atoms with E-state index in [-0.39, 0.29) is 24.5 Å². The number of ether oxygens (including phenoxy) is 1. The summed E-state index contributed by atoms with van der Waals surface area (Å²) in [6.45, 7) is 2.05. The van der Waals surface area contributed by atoms with Crippen LogP contribution >= 0.6 is 11.8 Å². The Morgan fingerprint density at radius 3 is 2.71 bits per heavy atom. The van der Waals surface area contributed by atoms with Crippen molar-refractivity contribution in [1.29, 1.82) is 0 Å². The Morgan fingerprint density at radius 2 is 2.00 bits per heavy atom. The molecule has 4 atom stereocenters. The van der Waals surface area contributed by atoms with Gasteiger partial charge < -0.3 is 19.6 Å². The molecule has 5 rings (SSSR count).